The summed E-state index contributed by atoms with van der Waals surface area (Å²) in [6.07, 6.45) is 93.1. The number of rotatable bonds is 58. The highest BCUT2D eigenvalue weighted by Gasteiger charge is 2.19. The summed E-state index contributed by atoms with van der Waals surface area (Å²) in [5.74, 6) is -0.950. The van der Waals surface area contributed by atoms with Crippen LogP contribution in [-0.2, 0) is 28.6 Å². The van der Waals surface area contributed by atoms with Crippen molar-refractivity contribution in [3.63, 3.8) is 0 Å². The molecule has 6 nitrogen and oxygen atoms in total. The van der Waals surface area contributed by atoms with Crippen LogP contribution in [0.3, 0.4) is 0 Å². The molecular weight excluding hydrogens is 973 g/mol. The first-order valence-electron chi connectivity index (χ1n) is 32.7. The van der Waals surface area contributed by atoms with Crippen LogP contribution in [0.2, 0.25) is 0 Å². The number of esters is 3. The first-order chi connectivity index (χ1) is 39.0. The highest BCUT2D eigenvalue weighted by atomic mass is 16.6. The zero-order valence-corrected chi connectivity index (χ0v) is 51.3. The highest BCUT2D eigenvalue weighted by molar-refractivity contribution is 5.71. The number of allylic oxidation sites excluding steroid dienone is 22. The number of carbonyl (C=O) groups is 3. The van der Waals surface area contributed by atoms with Gasteiger partial charge in [0.15, 0.2) is 6.10 Å². The molecule has 1 atom stereocenters. The van der Waals surface area contributed by atoms with Gasteiger partial charge < -0.3 is 14.2 Å². The van der Waals surface area contributed by atoms with Gasteiger partial charge in [-0.3, -0.25) is 14.4 Å². The highest BCUT2D eigenvalue weighted by Crippen LogP contribution is 2.15. The lowest BCUT2D eigenvalue weighted by Gasteiger charge is -2.18. The Morgan fingerprint density at radius 1 is 0.266 bits per heavy atom. The van der Waals surface area contributed by atoms with E-state index in [4.69, 9.17) is 14.2 Å². The maximum Gasteiger partial charge on any atom is 0.306 e. The summed E-state index contributed by atoms with van der Waals surface area (Å²) in [5.41, 5.74) is 0. The van der Waals surface area contributed by atoms with E-state index in [1.165, 1.54) is 128 Å². The van der Waals surface area contributed by atoms with Crippen molar-refractivity contribution < 1.29 is 28.6 Å². The van der Waals surface area contributed by atoms with Crippen molar-refractivity contribution in [3.8, 4) is 0 Å². The van der Waals surface area contributed by atoms with Crippen LogP contribution in [0.4, 0.5) is 0 Å². The molecule has 0 fully saturated rings. The molecule has 0 saturated heterocycles. The Hall–Kier alpha value is -4.45. The molecule has 0 aliphatic heterocycles. The van der Waals surface area contributed by atoms with Crippen LogP contribution in [0.5, 0.6) is 0 Å². The van der Waals surface area contributed by atoms with Gasteiger partial charge in [-0.2, -0.15) is 0 Å². The first-order valence-corrected chi connectivity index (χ1v) is 32.7. The van der Waals surface area contributed by atoms with Gasteiger partial charge in [0.2, 0.25) is 0 Å². The lowest BCUT2D eigenvalue weighted by Crippen LogP contribution is -2.30. The van der Waals surface area contributed by atoms with Gasteiger partial charge in [0, 0.05) is 19.3 Å². The minimum Gasteiger partial charge on any atom is -0.462 e. The van der Waals surface area contributed by atoms with E-state index >= 15 is 0 Å². The fourth-order valence-corrected chi connectivity index (χ4v) is 8.79. The molecule has 0 heterocycles. The molecule has 0 aromatic heterocycles. The number of hydrogen-bond acceptors (Lipinski definition) is 6. The third kappa shape index (κ3) is 64.3. The lowest BCUT2D eigenvalue weighted by molar-refractivity contribution is -0.167. The van der Waals surface area contributed by atoms with Gasteiger partial charge in [-0.05, 0) is 135 Å². The smallest absolute Gasteiger partial charge is 0.306 e. The molecule has 0 aromatic carbocycles. The van der Waals surface area contributed by atoms with Crippen LogP contribution >= 0.6 is 0 Å². The molecule has 0 bridgehead atoms. The molecule has 0 aliphatic carbocycles. The SMILES string of the molecule is CC/C=C\C/C=C\C/C=C\C/C=C\C/C=C\C/C=C\CCCCC(=O)OC(COC(=O)CCCCCCCCC/C=C\CCCCCCCC)COC(=O)CCCCCCCCCCCC/C=C\C/C=C\C/C=C\C/C=C\CC. The lowest BCUT2D eigenvalue weighted by atomic mass is 10.1. The molecule has 448 valence electrons. The monoisotopic (exact) mass is 1090 g/mol. The largest absolute Gasteiger partial charge is 0.462 e. The quantitative estimate of drug-likeness (QED) is 0.0261. The van der Waals surface area contributed by atoms with Crippen LogP contribution in [0.15, 0.2) is 134 Å². The van der Waals surface area contributed by atoms with Crippen molar-refractivity contribution in [1.29, 1.82) is 0 Å². The minimum atomic E-state index is -0.811. The van der Waals surface area contributed by atoms with Gasteiger partial charge in [-0.1, -0.05) is 270 Å². The van der Waals surface area contributed by atoms with E-state index in [9.17, 15) is 14.4 Å². The molecule has 0 radical (unpaired) electrons. The molecule has 0 amide bonds. The Morgan fingerprint density at radius 2 is 0.494 bits per heavy atom. The Bertz CT molecular complexity index is 1680. The first kappa shape index (κ1) is 74.5. The van der Waals surface area contributed by atoms with E-state index in [0.29, 0.717) is 19.3 Å². The Kier molecular flexibility index (Phi) is 62.3. The van der Waals surface area contributed by atoms with Crippen LogP contribution in [0.1, 0.15) is 290 Å². The predicted molar refractivity (Wildman–Crippen MR) is 343 cm³/mol. The summed E-state index contributed by atoms with van der Waals surface area (Å²) in [4.78, 5) is 38.4. The van der Waals surface area contributed by atoms with E-state index in [1.54, 1.807) is 0 Å². The maximum atomic E-state index is 12.9. The molecule has 0 aromatic rings. The molecular formula is C73H120O6. The predicted octanol–water partition coefficient (Wildman–Crippen LogP) is 22.5. The number of unbranched alkanes of at least 4 members (excludes halogenated alkanes) is 25. The minimum absolute atomic E-state index is 0.102. The molecule has 0 spiro atoms. The van der Waals surface area contributed by atoms with E-state index < -0.39 is 6.10 Å². The number of carbonyl (C=O) groups excluding carboxylic acids is 3. The van der Waals surface area contributed by atoms with Gasteiger partial charge in [0.25, 0.3) is 0 Å². The van der Waals surface area contributed by atoms with Crippen LogP contribution in [0, 0.1) is 0 Å². The van der Waals surface area contributed by atoms with E-state index in [1.807, 2.05) is 0 Å². The number of ether oxygens (including phenoxy) is 3. The molecule has 0 aliphatic rings. The Balaban J connectivity index is 4.48. The van der Waals surface area contributed by atoms with Crippen molar-refractivity contribution in [1.82, 2.24) is 0 Å². The Labute approximate surface area is 487 Å². The third-order valence-corrected chi connectivity index (χ3v) is 13.6. The van der Waals surface area contributed by atoms with Crippen LogP contribution in [0.25, 0.3) is 0 Å². The summed E-state index contributed by atoms with van der Waals surface area (Å²) in [7, 11) is 0. The van der Waals surface area contributed by atoms with E-state index in [0.717, 1.165) is 116 Å². The second-order valence-electron chi connectivity index (χ2n) is 21.3. The van der Waals surface area contributed by atoms with Crippen molar-refractivity contribution >= 4 is 17.9 Å². The van der Waals surface area contributed by atoms with E-state index in [-0.39, 0.29) is 37.5 Å². The fraction of sp³-hybridized carbons (Fsp3) is 0.658. The normalized spacial score (nSPS) is 13.0. The zero-order chi connectivity index (χ0) is 57.1. The molecule has 1 unspecified atom stereocenters. The summed E-state index contributed by atoms with van der Waals surface area (Å²) in [6.45, 7) is 6.38. The van der Waals surface area contributed by atoms with Gasteiger partial charge in [-0.25, -0.2) is 0 Å². The molecule has 0 rings (SSSR count). The van der Waals surface area contributed by atoms with E-state index in [2.05, 4.69) is 154 Å². The Morgan fingerprint density at radius 3 is 0.810 bits per heavy atom. The van der Waals surface area contributed by atoms with Crippen molar-refractivity contribution in [3.05, 3.63) is 134 Å². The summed E-state index contributed by atoms with van der Waals surface area (Å²) < 4.78 is 16.9. The second-order valence-corrected chi connectivity index (χ2v) is 21.3. The number of hydrogen-bond donors (Lipinski definition) is 0. The topological polar surface area (TPSA) is 78.9 Å². The average molecular weight is 1090 g/mol. The van der Waals surface area contributed by atoms with Gasteiger partial charge in [0.1, 0.15) is 13.2 Å². The fourth-order valence-electron chi connectivity index (χ4n) is 8.79. The summed E-state index contributed by atoms with van der Waals surface area (Å²) in [6, 6.07) is 0. The van der Waals surface area contributed by atoms with Gasteiger partial charge >= 0.3 is 17.9 Å². The molecule has 79 heavy (non-hydrogen) atoms. The second kappa shape index (κ2) is 66.1. The average Bonchev–Trinajstić information content (AvgIpc) is 3.45. The third-order valence-electron chi connectivity index (χ3n) is 13.6. The molecule has 0 saturated carbocycles. The van der Waals surface area contributed by atoms with Crippen molar-refractivity contribution in [2.24, 2.45) is 0 Å². The molecule has 0 N–H and O–H groups in total. The zero-order valence-electron chi connectivity index (χ0n) is 51.3. The van der Waals surface area contributed by atoms with Crippen molar-refractivity contribution in [2.75, 3.05) is 13.2 Å². The van der Waals surface area contributed by atoms with Crippen molar-refractivity contribution in [2.45, 2.75) is 297 Å². The van der Waals surface area contributed by atoms with Crippen LogP contribution in [-0.4, -0.2) is 37.2 Å². The summed E-state index contributed by atoms with van der Waals surface area (Å²) in [5, 5.41) is 0. The maximum absolute atomic E-state index is 12.9. The van der Waals surface area contributed by atoms with Crippen LogP contribution < -0.4 is 0 Å². The molecule has 6 heteroatoms. The van der Waals surface area contributed by atoms with Gasteiger partial charge in [0.05, 0.1) is 0 Å². The summed E-state index contributed by atoms with van der Waals surface area (Å²) >= 11 is 0. The standard InChI is InChI=1S/C73H120O6/c1-4-7-10-13-16-19-22-25-28-31-33-35-36-38-39-42-45-48-51-54-57-60-63-66-72(75)78-69-70(68-77-71(74)65-62-59-56-53-50-47-44-41-30-27-24-21-18-15-12-9-6-3)79-73(76)67-64-61-58-55-52-49-46-43-40-37-34-32-29-26-23-20-17-14-11-8-5-2/h7-8,10-11,16-17,19-20,25-30,33-35,37,43,46,52,55,70H,4-6,9,12-15,18,21-24,31-32,36,38-42,44-45,47-51,53-54,56-69H2,1-3H3/b10-7-,11-8-,19-16-,20-17-,28-25-,29-26-,30-27-,35-33-,37-34-,46-43-,55-52-. The van der Waals surface area contributed by atoms with Gasteiger partial charge in [-0.15, -0.1) is 0 Å².